The van der Waals surface area contributed by atoms with Gasteiger partial charge in [-0.3, -0.25) is 4.90 Å². The van der Waals surface area contributed by atoms with Crippen LogP contribution in [-0.4, -0.2) is 29.5 Å². The Morgan fingerprint density at radius 3 is 2.52 bits per heavy atom. The van der Waals surface area contributed by atoms with E-state index in [1.807, 2.05) is 6.20 Å². The quantitative estimate of drug-likeness (QED) is 0.811. The maximum atomic E-state index is 4.50. The molecule has 1 N–H and O–H groups in total. The molecule has 0 amide bonds. The Morgan fingerprint density at radius 1 is 1.19 bits per heavy atom. The van der Waals surface area contributed by atoms with E-state index < -0.39 is 0 Å². The highest BCUT2D eigenvalue weighted by molar-refractivity contribution is 5.35. The first-order valence-electron chi connectivity index (χ1n) is 8.62. The van der Waals surface area contributed by atoms with Crippen LogP contribution in [0.4, 0.5) is 5.82 Å². The molecule has 1 aromatic rings. The van der Waals surface area contributed by atoms with Crippen molar-refractivity contribution in [2.45, 2.75) is 65.0 Å². The van der Waals surface area contributed by atoms with Crippen molar-refractivity contribution in [3.63, 3.8) is 0 Å². The fourth-order valence-electron chi connectivity index (χ4n) is 3.29. The molecule has 1 aliphatic rings. The van der Waals surface area contributed by atoms with Crippen LogP contribution in [0.15, 0.2) is 18.3 Å². The molecule has 21 heavy (non-hydrogen) atoms. The molecule has 0 saturated heterocycles. The van der Waals surface area contributed by atoms with Gasteiger partial charge in [0.05, 0.1) is 0 Å². The molecule has 0 atom stereocenters. The monoisotopic (exact) mass is 289 g/mol. The Labute approximate surface area is 130 Å². The number of rotatable bonds is 7. The SMILES string of the molecule is CCCNc1ccc(CN(C)C2CCC(CC)CC2)cn1. The zero-order chi connectivity index (χ0) is 15.1. The average molecular weight is 289 g/mol. The van der Waals surface area contributed by atoms with E-state index in [4.69, 9.17) is 0 Å². The van der Waals surface area contributed by atoms with Crippen molar-refractivity contribution in [1.29, 1.82) is 0 Å². The summed E-state index contributed by atoms with van der Waals surface area (Å²) in [6, 6.07) is 5.07. The molecule has 1 saturated carbocycles. The smallest absolute Gasteiger partial charge is 0.125 e. The Bertz CT molecular complexity index is 393. The zero-order valence-electron chi connectivity index (χ0n) is 13.9. The molecule has 0 aromatic carbocycles. The van der Waals surface area contributed by atoms with Crippen LogP contribution in [0.1, 0.15) is 57.9 Å². The summed E-state index contributed by atoms with van der Waals surface area (Å²) < 4.78 is 0. The first-order valence-corrected chi connectivity index (χ1v) is 8.62. The normalized spacial score (nSPS) is 22.5. The number of aromatic nitrogens is 1. The van der Waals surface area contributed by atoms with Gasteiger partial charge in [0, 0.05) is 25.3 Å². The Balaban J connectivity index is 1.81. The van der Waals surface area contributed by atoms with Gasteiger partial charge < -0.3 is 5.32 Å². The molecule has 2 rings (SSSR count). The van der Waals surface area contributed by atoms with Gasteiger partial charge in [-0.1, -0.05) is 26.3 Å². The maximum absolute atomic E-state index is 4.50. The topological polar surface area (TPSA) is 28.2 Å². The summed E-state index contributed by atoms with van der Waals surface area (Å²) >= 11 is 0. The van der Waals surface area contributed by atoms with Crippen LogP contribution in [0.5, 0.6) is 0 Å². The second-order valence-electron chi connectivity index (χ2n) is 6.48. The lowest BCUT2D eigenvalue weighted by atomic mass is 9.84. The van der Waals surface area contributed by atoms with Crippen molar-refractivity contribution in [3.05, 3.63) is 23.9 Å². The second-order valence-corrected chi connectivity index (χ2v) is 6.48. The van der Waals surface area contributed by atoms with Crippen LogP contribution >= 0.6 is 0 Å². The predicted octanol–water partition coefficient (Wildman–Crippen LogP) is 4.30. The highest BCUT2D eigenvalue weighted by atomic mass is 15.1. The maximum Gasteiger partial charge on any atom is 0.125 e. The third-order valence-electron chi connectivity index (χ3n) is 4.83. The van der Waals surface area contributed by atoms with Crippen LogP contribution in [0.3, 0.4) is 0 Å². The molecule has 118 valence electrons. The number of pyridine rings is 1. The van der Waals surface area contributed by atoms with Gasteiger partial charge in [-0.05, 0) is 56.7 Å². The van der Waals surface area contributed by atoms with Crippen LogP contribution in [0.2, 0.25) is 0 Å². The third-order valence-corrected chi connectivity index (χ3v) is 4.83. The van der Waals surface area contributed by atoms with Gasteiger partial charge in [0.15, 0.2) is 0 Å². The van der Waals surface area contributed by atoms with E-state index in [1.54, 1.807) is 0 Å². The number of nitrogens with one attached hydrogen (secondary N) is 1. The van der Waals surface area contributed by atoms with Gasteiger partial charge in [0.1, 0.15) is 5.82 Å². The molecule has 1 heterocycles. The molecular formula is C18H31N3. The summed E-state index contributed by atoms with van der Waals surface area (Å²) in [6.07, 6.45) is 10.0. The molecule has 0 unspecified atom stereocenters. The van der Waals surface area contributed by atoms with Crippen LogP contribution in [0.25, 0.3) is 0 Å². The second kappa shape index (κ2) is 8.38. The molecule has 1 aliphatic carbocycles. The van der Waals surface area contributed by atoms with E-state index in [2.05, 4.69) is 48.2 Å². The van der Waals surface area contributed by atoms with E-state index in [0.717, 1.165) is 37.3 Å². The molecule has 1 fully saturated rings. The van der Waals surface area contributed by atoms with E-state index in [9.17, 15) is 0 Å². The summed E-state index contributed by atoms with van der Waals surface area (Å²) in [5.41, 5.74) is 1.32. The molecular weight excluding hydrogens is 258 g/mol. The molecule has 0 bridgehead atoms. The zero-order valence-corrected chi connectivity index (χ0v) is 13.9. The lowest BCUT2D eigenvalue weighted by Gasteiger charge is -2.34. The van der Waals surface area contributed by atoms with Crippen molar-refractivity contribution in [2.24, 2.45) is 5.92 Å². The van der Waals surface area contributed by atoms with Crippen molar-refractivity contribution in [3.8, 4) is 0 Å². The van der Waals surface area contributed by atoms with E-state index in [-0.39, 0.29) is 0 Å². The fourth-order valence-corrected chi connectivity index (χ4v) is 3.29. The lowest BCUT2D eigenvalue weighted by Crippen LogP contribution is -2.34. The highest BCUT2D eigenvalue weighted by Crippen LogP contribution is 2.29. The Kier molecular flexibility index (Phi) is 6.50. The van der Waals surface area contributed by atoms with Crippen LogP contribution < -0.4 is 5.32 Å². The first kappa shape index (κ1) is 16.3. The number of hydrogen-bond acceptors (Lipinski definition) is 3. The van der Waals surface area contributed by atoms with E-state index in [0.29, 0.717) is 0 Å². The van der Waals surface area contributed by atoms with Gasteiger partial charge in [0.2, 0.25) is 0 Å². The molecule has 3 heteroatoms. The third kappa shape index (κ3) is 4.99. The largest absolute Gasteiger partial charge is 0.370 e. The van der Waals surface area contributed by atoms with Crippen molar-refractivity contribution >= 4 is 5.82 Å². The molecule has 3 nitrogen and oxygen atoms in total. The number of nitrogens with zero attached hydrogens (tertiary/aromatic N) is 2. The molecule has 0 radical (unpaired) electrons. The molecule has 1 aromatic heterocycles. The lowest BCUT2D eigenvalue weighted by molar-refractivity contribution is 0.157. The highest BCUT2D eigenvalue weighted by Gasteiger charge is 2.22. The molecule has 0 spiro atoms. The van der Waals surface area contributed by atoms with Gasteiger partial charge in [0.25, 0.3) is 0 Å². The van der Waals surface area contributed by atoms with Gasteiger partial charge in [-0.25, -0.2) is 4.98 Å². The summed E-state index contributed by atoms with van der Waals surface area (Å²) in [6.45, 7) is 6.51. The molecule has 0 aliphatic heterocycles. The summed E-state index contributed by atoms with van der Waals surface area (Å²) in [7, 11) is 2.26. The minimum atomic E-state index is 0.755. The van der Waals surface area contributed by atoms with Crippen molar-refractivity contribution < 1.29 is 0 Å². The standard InChI is InChI=1S/C18H31N3/c1-4-12-19-18-11-8-16(13-20-18)14-21(3)17-9-6-15(5-2)7-10-17/h8,11,13,15,17H,4-7,9-10,12,14H2,1-3H3,(H,19,20). The van der Waals surface area contributed by atoms with Crippen molar-refractivity contribution in [2.75, 3.05) is 18.9 Å². The van der Waals surface area contributed by atoms with E-state index >= 15 is 0 Å². The van der Waals surface area contributed by atoms with E-state index in [1.165, 1.54) is 37.7 Å². The fraction of sp³-hybridized carbons (Fsp3) is 0.722. The van der Waals surface area contributed by atoms with Gasteiger partial charge in [-0.15, -0.1) is 0 Å². The van der Waals surface area contributed by atoms with Gasteiger partial charge in [-0.2, -0.15) is 0 Å². The summed E-state index contributed by atoms with van der Waals surface area (Å²) in [5.74, 6) is 1.96. The minimum Gasteiger partial charge on any atom is -0.370 e. The summed E-state index contributed by atoms with van der Waals surface area (Å²) in [4.78, 5) is 7.02. The predicted molar refractivity (Wildman–Crippen MR) is 90.5 cm³/mol. The average Bonchev–Trinajstić information content (AvgIpc) is 2.54. The first-order chi connectivity index (χ1) is 10.2. The van der Waals surface area contributed by atoms with Crippen LogP contribution in [0, 0.1) is 5.92 Å². The Hall–Kier alpha value is -1.09. The minimum absolute atomic E-state index is 0.755. The van der Waals surface area contributed by atoms with Crippen molar-refractivity contribution in [1.82, 2.24) is 9.88 Å². The van der Waals surface area contributed by atoms with Crippen LogP contribution in [-0.2, 0) is 6.54 Å². The summed E-state index contributed by atoms with van der Waals surface area (Å²) in [5, 5.41) is 3.32. The Morgan fingerprint density at radius 2 is 1.95 bits per heavy atom. The number of anilines is 1. The van der Waals surface area contributed by atoms with Gasteiger partial charge >= 0.3 is 0 Å². The number of hydrogen-bond donors (Lipinski definition) is 1.